The minimum atomic E-state index is -0.469. The molecule has 0 aliphatic carbocycles. The lowest BCUT2D eigenvalue weighted by molar-refractivity contribution is 0.0879. The van der Waals surface area contributed by atoms with Crippen LogP contribution in [-0.2, 0) is 0 Å². The third-order valence-electron chi connectivity index (χ3n) is 3.20. The third kappa shape index (κ3) is 2.20. The summed E-state index contributed by atoms with van der Waals surface area (Å²) in [4.78, 5) is 38.4. The van der Waals surface area contributed by atoms with Gasteiger partial charge >= 0.3 is 0 Å². The maximum atomic E-state index is 12.1. The number of amides is 2. The van der Waals surface area contributed by atoms with Gasteiger partial charge in [-0.1, -0.05) is 5.57 Å². The van der Waals surface area contributed by atoms with E-state index in [2.05, 4.69) is 15.6 Å². The van der Waals surface area contributed by atoms with Gasteiger partial charge in [0, 0.05) is 17.7 Å². The number of H-pyrrole nitrogens is 1. The number of hydrogen-bond acceptors (Lipinski definition) is 4. The van der Waals surface area contributed by atoms with Gasteiger partial charge in [-0.05, 0) is 26.0 Å². The summed E-state index contributed by atoms with van der Waals surface area (Å²) in [5, 5.41) is 5.57. The molecule has 1 aromatic carbocycles. The van der Waals surface area contributed by atoms with Crippen molar-refractivity contribution in [1.29, 1.82) is 0 Å². The lowest BCUT2D eigenvalue weighted by Gasteiger charge is -2.05. The molecule has 106 valence electrons. The Morgan fingerprint density at radius 2 is 1.71 bits per heavy atom. The Bertz CT molecular complexity index is 874. The van der Waals surface area contributed by atoms with Crippen LogP contribution in [0, 0.1) is 0 Å². The second kappa shape index (κ2) is 4.59. The SMILES string of the molecule is CC(C)=CNc1cc(=O)c2cc3c(cc2[nH]1)C(=O)NC3=O. The van der Waals surface area contributed by atoms with Crippen molar-refractivity contribution < 1.29 is 9.59 Å². The van der Waals surface area contributed by atoms with Crippen molar-refractivity contribution in [3.63, 3.8) is 0 Å². The Balaban J connectivity index is 2.20. The lowest BCUT2D eigenvalue weighted by Crippen LogP contribution is -2.19. The molecular weight excluding hydrogens is 270 g/mol. The summed E-state index contributed by atoms with van der Waals surface area (Å²) in [7, 11) is 0. The van der Waals surface area contributed by atoms with Crippen molar-refractivity contribution in [2.24, 2.45) is 0 Å². The molecule has 6 heteroatoms. The minimum Gasteiger partial charge on any atom is -0.348 e. The molecular formula is C15H13N3O3. The largest absolute Gasteiger partial charge is 0.348 e. The second-order valence-electron chi connectivity index (χ2n) is 5.14. The first kappa shape index (κ1) is 13.1. The fourth-order valence-corrected chi connectivity index (χ4v) is 2.21. The number of allylic oxidation sites excluding steroid dienone is 1. The first-order chi connectivity index (χ1) is 9.95. The highest BCUT2D eigenvalue weighted by atomic mass is 16.2. The lowest BCUT2D eigenvalue weighted by atomic mass is 10.1. The van der Waals surface area contributed by atoms with Crippen LogP contribution in [0.4, 0.5) is 5.82 Å². The number of fused-ring (bicyclic) bond motifs is 2. The summed E-state index contributed by atoms with van der Waals surface area (Å²) in [6, 6.07) is 4.40. The van der Waals surface area contributed by atoms with Crippen LogP contribution in [0.15, 0.2) is 34.8 Å². The van der Waals surface area contributed by atoms with Gasteiger partial charge in [0.15, 0.2) is 5.43 Å². The summed E-state index contributed by atoms with van der Waals surface area (Å²) in [5.41, 5.74) is 1.86. The number of aromatic amines is 1. The molecule has 0 atom stereocenters. The molecule has 6 nitrogen and oxygen atoms in total. The maximum Gasteiger partial charge on any atom is 0.259 e. The number of benzene rings is 1. The van der Waals surface area contributed by atoms with E-state index in [9.17, 15) is 14.4 Å². The van der Waals surface area contributed by atoms with Gasteiger partial charge in [-0.25, -0.2) is 0 Å². The number of pyridine rings is 1. The molecule has 2 aromatic rings. The number of imide groups is 1. The van der Waals surface area contributed by atoms with E-state index in [4.69, 9.17) is 0 Å². The Hall–Kier alpha value is -2.89. The maximum absolute atomic E-state index is 12.1. The highest BCUT2D eigenvalue weighted by Gasteiger charge is 2.27. The molecule has 3 N–H and O–H groups in total. The van der Waals surface area contributed by atoms with Crippen molar-refractivity contribution in [2.45, 2.75) is 13.8 Å². The van der Waals surface area contributed by atoms with Crippen molar-refractivity contribution >= 4 is 28.5 Å². The molecule has 1 aromatic heterocycles. The smallest absolute Gasteiger partial charge is 0.259 e. The summed E-state index contributed by atoms with van der Waals surface area (Å²) < 4.78 is 0. The molecule has 0 bridgehead atoms. The van der Waals surface area contributed by atoms with E-state index in [0.717, 1.165) is 5.57 Å². The molecule has 2 heterocycles. The fourth-order valence-electron chi connectivity index (χ4n) is 2.21. The molecule has 0 saturated carbocycles. The van der Waals surface area contributed by atoms with E-state index in [1.807, 2.05) is 13.8 Å². The van der Waals surface area contributed by atoms with Gasteiger partial charge in [0.1, 0.15) is 5.82 Å². The molecule has 2 amide bonds. The van der Waals surface area contributed by atoms with Crippen LogP contribution in [0.1, 0.15) is 34.6 Å². The summed E-state index contributed by atoms with van der Waals surface area (Å²) in [6.45, 7) is 3.85. The molecule has 1 aliphatic rings. The highest BCUT2D eigenvalue weighted by molar-refractivity contribution is 6.23. The fraction of sp³-hybridized carbons (Fsp3) is 0.133. The second-order valence-corrected chi connectivity index (χ2v) is 5.14. The number of rotatable bonds is 2. The van der Waals surface area contributed by atoms with Crippen molar-refractivity contribution in [3.8, 4) is 0 Å². The van der Waals surface area contributed by atoms with E-state index in [-0.39, 0.29) is 16.6 Å². The number of carbonyl (C=O) groups is 2. The van der Waals surface area contributed by atoms with Gasteiger partial charge in [0.25, 0.3) is 11.8 Å². The minimum absolute atomic E-state index is 0.219. The number of nitrogens with one attached hydrogen (secondary N) is 3. The molecule has 0 spiro atoms. The normalized spacial score (nSPS) is 13.0. The van der Waals surface area contributed by atoms with Crippen LogP contribution in [0.25, 0.3) is 10.9 Å². The van der Waals surface area contributed by atoms with Gasteiger partial charge in [-0.15, -0.1) is 0 Å². The van der Waals surface area contributed by atoms with E-state index in [1.54, 1.807) is 6.20 Å². The zero-order valence-electron chi connectivity index (χ0n) is 11.5. The van der Waals surface area contributed by atoms with Crippen LogP contribution >= 0.6 is 0 Å². The average molecular weight is 283 g/mol. The monoisotopic (exact) mass is 283 g/mol. The topological polar surface area (TPSA) is 91.1 Å². The van der Waals surface area contributed by atoms with Crippen molar-refractivity contribution in [3.05, 3.63) is 51.3 Å². The predicted octanol–water partition coefficient (Wildman–Crippen LogP) is 1.75. The van der Waals surface area contributed by atoms with Gasteiger partial charge in [0.05, 0.1) is 16.6 Å². The highest BCUT2D eigenvalue weighted by Crippen LogP contribution is 2.21. The molecule has 1 aliphatic heterocycles. The van der Waals surface area contributed by atoms with Crippen LogP contribution < -0.4 is 16.1 Å². The first-order valence-corrected chi connectivity index (χ1v) is 6.42. The first-order valence-electron chi connectivity index (χ1n) is 6.42. The number of anilines is 1. The third-order valence-corrected chi connectivity index (χ3v) is 3.20. The quantitative estimate of drug-likeness (QED) is 0.732. The van der Waals surface area contributed by atoms with Gasteiger partial charge in [0.2, 0.25) is 0 Å². The van der Waals surface area contributed by atoms with E-state index in [0.29, 0.717) is 16.7 Å². The van der Waals surface area contributed by atoms with Gasteiger partial charge in [-0.3, -0.25) is 19.7 Å². The number of hydrogen-bond donors (Lipinski definition) is 3. The Morgan fingerprint density at radius 1 is 1.05 bits per heavy atom. The Kier molecular flexibility index (Phi) is 2.86. The van der Waals surface area contributed by atoms with E-state index in [1.165, 1.54) is 18.2 Å². The standard InChI is InChI=1S/C15H13N3O3/c1-7(2)6-16-13-5-12(19)10-3-8-9(4-11(10)17-13)15(21)18-14(8)20/h3-6H,1-2H3,(H2,16,17,19)(H,18,20,21). The predicted molar refractivity (Wildman–Crippen MR) is 79.4 cm³/mol. The zero-order valence-corrected chi connectivity index (χ0v) is 11.5. The zero-order chi connectivity index (χ0) is 15.1. The summed E-state index contributed by atoms with van der Waals surface area (Å²) >= 11 is 0. The van der Waals surface area contributed by atoms with E-state index >= 15 is 0 Å². The number of aromatic nitrogens is 1. The van der Waals surface area contributed by atoms with Crippen molar-refractivity contribution in [2.75, 3.05) is 5.32 Å². The van der Waals surface area contributed by atoms with Gasteiger partial charge in [-0.2, -0.15) is 0 Å². The van der Waals surface area contributed by atoms with E-state index < -0.39 is 11.8 Å². The Labute approximate surface area is 119 Å². The summed E-state index contributed by atoms with van der Waals surface area (Å²) in [6.07, 6.45) is 1.76. The summed E-state index contributed by atoms with van der Waals surface area (Å²) in [5.74, 6) is -0.387. The van der Waals surface area contributed by atoms with Crippen LogP contribution in [-0.4, -0.2) is 16.8 Å². The number of carbonyl (C=O) groups excluding carboxylic acids is 2. The molecule has 0 saturated heterocycles. The van der Waals surface area contributed by atoms with Crippen LogP contribution in [0.2, 0.25) is 0 Å². The van der Waals surface area contributed by atoms with Gasteiger partial charge < -0.3 is 10.3 Å². The van der Waals surface area contributed by atoms with Crippen LogP contribution in [0.3, 0.4) is 0 Å². The van der Waals surface area contributed by atoms with Crippen LogP contribution in [0.5, 0.6) is 0 Å². The Morgan fingerprint density at radius 3 is 2.38 bits per heavy atom. The molecule has 0 radical (unpaired) electrons. The van der Waals surface area contributed by atoms with Crippen molar-refractivity contribution in [1.82, 2.24) is 10.3 Å². The average Bonchev–Trinajstić information content (AvgIpc) is 2.70. The molecule has 0 fully saturated rings. The molecule has 0 unspecified atom stereocenters. The molecule has 3 rings (SSSR count). The molecule has 21 heavy (non-hydrogen) atoms.